The van der Waals surface area contributed by atoms with E-state index in [1.807, 2.05) is 0 Å². The minimum atomic E-state index is -1.32. The fourth-order valence-electron chi connectivity index (χ4n) is 1.91. The Bertz CT molecular complexity index is 799. The fourth-order valence-corrected chi connectivity index (χ4v) is 2.13. The minimum Gasteiger partial charge on any atom is -0.457 e. The van der Waals surface area contributed by atoms with Gasteiger partial charge in [-0.05, 0) is 32.9 Å². The van der Waals surface area contributed by atoms with E-state index in [1.165, 1.54) is 18.6 Å². The van der Waals surface area contributed by atoms with Crippen LogP contribution in [0.25, 0.3) is 11.5 Å². The molecule has 2 aromatic rings. The zero-order valence-electron chi connectivity index (χ0n) is 14.3. The van der Waals surface area contributed by atoms with Crippen molar-refractivity contribution in [2.24, 2.45) is 0 Å². The van der Waals surface area contributed by atoms with Gasteiger partial charge in [0.1, 0.15) is 11.3 Å². The molecule has 0 aliphatic heterocycles. The zero-order valence-corrected chi connectivity index (χ0v) is 15.9. The van der Waals surface area contributed by atoms with Crippen molar-refractivity contribution in [1.82, 2.24) is 10.1 Å². The molecule has 0 unspecified atom stereocenters. The van der Waals surface area contributed by atoms with Gasteiger partial charge in [-0.25, -0.2) is 4.79 Å². The normalized spacial score (nSPS) is 11.8. The van der Waals surface area contributed by atoms with Gasteiger partial charge in [-0.2, -0.15) is 0 Å². The van der Waals surface area contributed by atoms with E-state index < -0.39 is 22.3 Å². The van der Waals surface area contributed by atoms with E-state index in [0.29, 0.717) is 17.1 Å². The highest BCUT2D eigenvalue weighted by Gasteiger charge is 2.22. The van der Waals surface area contributed by atoms with E-state index in [4.69, 9.17) is 32.5 Å². The average molecular weight is 398 g/mol. The van der Waals surface area contributed by atoms with Crippen LogP contribution in [0, 0.1) is 0 Å². The molecule has 0 spiro atoms. The molecule has 2 aromatic heterocycles. The Morgan fingerprint density at radius 1 is 1.27 bits per heavy atom. The lowest BCUT2D eigenvalue weighted by Gasteiger charge is -2.21. The van der Waals surface area contributed by atoms with Crippen LogP contribution in [0.3, 0.4) is 0 Å². The van der Waals surface area contributed by atoms with Crippen molar-refractivity contribution in [2.45, 2.75) is 31.2 Å². The smallest absolute Gasteiger partial charge is 0.332 e. The van der Waals surface area contributed by atoms with Gasteiger partial charge in [-0.3, -0.25) is 14.7 Å². The summed E-state index contributed by atoms with van der Waals surface area (Å²) in [7, 11) is 0. The van der Waals surface area contributed by atoms with E-state index in [2.05, 4.69) is 10.1 Å². The number of halogens is 2. The Hall–Kier alpha value is -2.38. The number of ether oxygens (including phenoxy) is 1. The number of carbonyl (C=O) groups is 2. The van der Waals surface area contributed by atoms with Gasteiger partial charge in [-0.15, -0.1) is 0 Å². The van der Waals surface area contributed by atoms with Crippen LogP contribution in [0.2, 0.25) is 0 Å². The van der Waals surface area contributed by atoms with Crippen molar-refractivity contribution in [3.63, 3.8) is 0 Å². The predicted molar refractivity (Wildman–Crippen MR) is 97.7 cm³/mol. The molecule has 0 radical (unpaired) electrons. The lowest BCUT2D eigenvalue weighted by molar-refractivity contribution is -0.148. The zero-order chi connectivity index (χ0) is 19.3. The molecule has 0 aromatic carbocycles. The molecule has 1 amide bonds. The maximum Gasteiger partial charge on any atom is 0.332 e. The molecule has 0 saturated heterocycles. The molecule has 0 N–H and O–H groups in total. The quantitative estimate of drug-likeness (QED) is 0.434. The monoisotopic (exact) mass is 397 g/mol. The lowest BCUT2D eigenvalue weighted by atomic mass is 10.2. The second-order valence-corrected chi connectivity index (χ2v) is 7.23. The number of pyridine rings is 1. The van der Waals surface area contributed by atoms with Gasteiger partial charge in [0, 0.05) is 24.5 Å². The summed E-state index contributed by atoms with van der Waals surface area (Å²) in [4.78, 5) is 28.2. The third kappa shape index (κ3) is 5.57. The highest BCUT2D eigenvalue weighted by Crippen LogP contribution is 2.24. The molecular weight excluding hydrogens is 381 g/mol. The van der Waals surface area contributed by atoms with Crippen LogP contribution in [0.15, 0.2) is 47.4 Å². The van der Waals surface area contributed by atoms with Crippen LogP contribution in [0.4, 0.5) is 5.69 Å². The molecular formula is C17H17Cl2N3O4. The van der Waals surface area contributed by atoms with Crippen LogP contribution < -0.4 is 4.90 Å². The number of esters is 1. The van der Waals surface area contributed by atoms with Gasteiger partial charge < -0.3 is 9.26 Å². The van der Waals surface area contributed by atoms with Crippen molar-refractivity contribution < 1.29 is 18.8 Å². The van der Waals surface area contributed by atoms with E-state index in [0.717, 1.165) is 11.0 Å². The molecule has 26 heavy (non-hydrogen) atoms. The first-order chi connectivity index (χ1) is 12.2. The summed E-state index contributed by atoms with van der Waals surface area (Å²) in [5, 5.41) is 3.62. The first kappa shape index (κ1) is 19.9. The maximum atomic E-state index is 12.3. The van der Waals surface area contributed by atoms with E-state index in [1.54, 1.807) is 39.0 Å². The first-order valence-corrected chi connectivity index (χ1v) is 8.44. The number of carbonyl (C=O) groups excluding carboxylic acids is 2. The molecule has 0 bridgehead atoms. The molecule has 138 valence electrons. The molecule has 0 aliphatic carbocycles. The molecule has 0 atom stereocenters. The van der Waals surface area contributed by atoms with Crippen LogP contribution in [0.5, 0.6) is 0 Å². The molecule has 2 heterocycles. The largest absolute Gasteiger partial charge is 0.457 e. The molecule has 0 fully saturated rings. The van der Waals surface area contributed by atoms with E-state index >= 15 is 0 Å². The highest BCUT2D eigenvalue weighted by molar-refractivity contribution is 6.54. The van der Waals surface area contributed by atoms with Crippen LogP contribution in [-0.4, -0.2) is 32.5 Å². The Labute approximate surface area is 160 Å². The van der Waals surface area contributed by atoms with Crippen molar-refractivity contribution in [1.29, 1.82) is 0 Å². The van der Waals surface area contributed by atoms with Crippen LogP contribution >= 0.6 is 23.2 Å². The van der Waals surface area contributed by atoms with Crippen molar-refractivity contribution in [3.05, 3.63) is 42.9 Å². The van der Waals surface area contributed by atoms with Crippen LogP contribution in [0.1, 0.15) is 20.8 Å². The van der Waals surface area contributed by atoms with Crippen LogP contribution in [-0.2, 0) is 14.3 Å². The Kier molecular flexibility index (Phi) is 6.39. The number of alkyl halides is 2. The standard InChI is InChI=1S/C17H17Cl2N3O4/c1-17(2,3)25-14(23)6-9-22(16(24)15(18)19)11-4-7-20-12(10-11)13-5-8-21-26-13/h4-10,15H,1-3H3. The van der Waals surface area contributed by atoms with Gasteiger partial charge >= 0.3 is 5.97 Å². The SMILES string of the molecule is CC(C)(C)OC(=O)C=CN(C(=O)C(Cl)Cl)c1ccnc(-c2ccno2)c1. The summed E-state index contributed by atoms with van der Waals surface area (Å²) in [6.07, 6.45) is 5.32. The summed E-state index contributed by atoms with van der Waals surface area (Å²) in [5.74, 6) is -0.827. The predicted octanol–water partition coefficient (Wildman–Crippen LogP) is 3.73. The third-order valence-electron chi connectivity index (χ3n) is 2.90. The van der Waals surface area contributed by atoms with Crippen molar-refractivity contribution >= 4 is 40.8 Å². The highest BCUT2D eigenvalue weighted by atomic mass is 35.5. The second kappa shape index (κ2) is 8.33. The summed E-state index contributed by atoms with van der Waals surface area (Å²) in [6.45, 7) is 5.21. The fraction of sp³-hybridized carbons (Fsp3) is 0.294. The van der Waals surface area contributed by atoms with E-state index in [-0.39, 0.29) is 0 Å². The number of nitrogens with zero attached hydrogens (tertiary/aromatic N) is 3. The lowest BCUT2D eigenvalue weighted by Crippen LogP contribution is -2.31. The van der Waals surface area contributed by atoms with Gasteiger partial charge in [0.15, 0.2) is 10.6 Å². The summed E-state index contributed by atoms with van der Waals surface area (Å²) >= 11 is 11.4. The van der Waals surface area contributed by atoms with Gasteiger partial charge in [0.05, 0.1) is 11.9 Å². The number of anilines is 1. The Morgan fingerprint density at radius 3 is 2.58 bits per heavy atom. The average Bonchev–Trinajstić information content (AvgIpc) is 3.08. The maximum absolute atomic E-state index is 12.3. The second-order valence-electron chi connectivity index (χ2n) is 6.13. The van der Waals surface area contributed by atoms with Crippen molar-refractivity contribution in [2.75, 3.05) is 4.90 Å². The first-order valence-electron chi connectivity index (χ1n) is 7.57. The number of rotatable bonds is 5. The van der Waals surface area contributed by atoms with Gasteiger partial charge in [-0.1, -0.05) is 28.4 Å². The number of hydrogen-bond donors (Lipinski definition) is 0. The summed E-state index contributed by atoms with van der Waals surface area (Å²) < 4.78 is 10.2. The molecule has 0 saturated carbocycles. The Balaban J connectivity index is 2.32. The number of amides is 1. The Morgan fingerprint density at radius 2 is 2.00 bits per heavy atom. The molecule has 0 aliphatic rings. The third-order valence-corrected chi connectivity index (χ3v) is 3.28. The summed E-state index contributed by atoms with van der Waals surface area (Å²) in [6, 6.07) is 4.77. The number of hydrogen-bond acceptors (Lipinski definition) is 6. The molecule has 7 nitrogen and oxygen atoms in total. The minimum absolute atomic E-state index is 0.391. The summed E-state index contributed by atoms with van der Waals surface area (Å²) in [5.41, 5.74) is 0.181. The van der Waals surface area contributed by atoms with E-state index in [9.17, 15) is 9.59 Å². The topological polar surface area (TPSA) is 85.5 Å². The molecule has 9 heteroatoms. The van der Waals surface area contributed by atoms with Crippen molar-refractivity contribution in [3.8, 4) is 11.5 Å². The number of aromatic nitrogens is 2. The van der Waals surface area contributed by atoms with Gasteiger partial charge in [0.2, 0.25) is 0 Å². The van der Waals surface area contributed by atoms with Gasteiger partial charge in [0.25, 0.3) is 5.91 Å². The molecule has 2 rings (SSSR count).